The Kier molecular flexibility index (Phi) is 8.78. The third-order valence-corrected chi connectivity index (χ3v) is 7.58. The fraction of sp³-hybridized carbons (Fsp3) is 0.423. The number of ether oxygens (including phenoxy) is 1. The van der Waals surface area contributed by atoms with Crippen LogP contribution in [0.15, 0.2) is 41.8 Å². The number of sulfone groups is 1. The molecule has 1 amide bonds. The monoisotopic (exact) mass is 615 g/mol. The molecule has 1 atom stereocenters. The zero-order valence-electron chi connectivity index (χ0n) is 22.4. The number of hydrogen-bond donors (Lipinski definition) is 1. The molecule has 0 aliphatic carbocycles. The van der Waals surface area contributed by atoms with E-state index in [1.165, 1.54) is 17.9 Å². The quantitative estimate of drug-likeness (QED) is 0.299. The minimum atomic E-state index is -4.82. The molecule has 42 heavy (non-hydrogen) atoms. The first-order valence-corrected chi connectivity index (χ1v) is 14.5. The number of hydrogen-bond acceptors (Lipinski definition) is 9. The molecule has 1 N–H and O–H groups in total. The third-order valence-electron chi connectivity index (χ3n) is 6.72. The SMILES string of the molecule is CC(O)(COc1ccnc(C(F)(F)F)n1)c1cnc(S(C)(=O)=O)nc1C1CCN(C(=O)Cc2c(F)cccc2F)CC1. The van der Waals surface area contributed by atoms with Gasteiger partial charge in [0.2, 0.25) is 32.6 Å². The van der Waals surface area contributed by atoms with Crippen LogP contribution in [0.3, 0.4) is 0 Å². The van der Waals surface area contributed by atoms with Crippen molar-refractivity contribution in [1.82, 2.24) is 24.8 Å². The minimum Gasteiger partial charge on any atom is -0.474 e. The number of likely N-dealkylation sites (tertiary alicyclic amines) is 1. The van der Waals surface area contributed by atoms with Crippen molar-refractivity contribution >= 4 is 15.7 Å². The Balaban J connectivity index is 1.54. The van der Waals surface area contributed by atoms with Crippen LogP contribution in [-0.2, 0) is 32.8 Å². The number of alkyl halides is 3. The summed E-state index contributed by atoms with van der Waals surface area (Å²) in [7, 11) is -3.86. The number of rotatable bonds is 8. The molecule has 4 rings (SSSR count). The Morgan fingerprint density at radius 2 is 1.74 bits per heavy atom. The van der Waals surface area contributed by atoms with Crippen molar-refractivity contribution in [3.63, 3.8) is 0 Å². The highest BCUT2D eigenvalue weighted by atomic mass is 32.2. The molecule has 3 heterocycles. The second-order valence-corrected chi connectivity index (χ2v) is 11.9. The Bertz CT molecular complexity index is 1560. The maximum Gasteiger partial charge on any atom is 0.451 e. The van der Waals surface area contributed by atoms with Gasteiger partial charge in [0.25, 0.3) is 0 Å². The summed E-state index contributed by atoms with van der Waals surface area (Å²) in [5.41, 5.74) is -2.03. The van der Waals surface area contributed by atoms with Crippen molar-refractivity contribution < 1.29 is 45.0 Å². The largest absolute Gasteiger partial charge is 0.474 e. The van der Waals surface area contributed by atoms with E-state index >= 15 is 0 Å². The molecule has 226 valence electrons. The van der Waals surface area contributed by atoms with Gasteiger partial charge in [-0.05, 0) is 31.9 Å². The molecule has 0 spiro atoms. The molecular weight excluding hydrogens is 589 g/mol. The number of piperidine rings is 1. The van der Waals surface area contributed by atoms with Gasteiger partial charge in [-0.25, -0.2) is 32.2 Å². The topological polar surface area (TPSA) is 135 Å². The second kappa shape index (κ2) is 11.8. The van der Waals surface area contributed by atoms with Crippen molar-refractivity contribution in [2.24, 2.45) is 0 Å². The van der Waals surface area contributed by atoms with Crippen LogP contribution in [0.2, 0.25) is 0 Å². The highest BCUT2D eigenvalue weighted by molar-refractivity contribution is 7.90. The van der Waals surface area contributed by atoms with Crippen LogP contribution >= 0.6 is 0 Å². The molecule has 0 radical (unpaired) electrons. The number of nitrogens with zero attached hydrogens (tertiary/aromatic N) is 5. The maximum absolute atomic E-state index is 14.0. The molecule has 1 saturated heterocycles. The standard InChI is InChI=1S/C26H26F5N5O5S/c1-25(38,14-41-20-6-9-32-23(34-20)26(29,30)31)17-13-33-24(42(2,39)40)35-22(17)15-7-10-36(11-8-15)21(37)12-16-18(27)4-3-5-19(16)28/h3-6,9,13,15,38H,7-8,10-12,14H2,1-2H3. The van der Waals surface area contributed by atoms with Crippen molar-refractivity contribution in [3.05, 3.63) is 70.9 Å². The van der Waals surface area contributed by atoms with Crippen molar-refractivity contribution in [1.29, 1.82) is 0 Å². The average molecular weight is 616 g/mol. The van der Waals surface area contributed by atoms with Gasteiger partial charge in [-0.15, -0.1) is 0 Å². The summed E-state index contributed by atoms with van der Waals surface area (Å²) in [5.74, 6) is -4.52. The van der Waals surface area contributed by atoms with Crippen LogP contribution in [0.4, 0.5) is 22.0 Å². The molecule has 1 fully saturated rings. The molecule has 2 aromatic heterocycles. The zero-order valence-corrected chi connectivity index (χ0v) is 23.2. The van der Waals surface area contributed by atoms with Gasteiger partial charge < -0.3 is 14.7 Å². The van der Waals surface area contributed by atoms with E-state index in [1.54, 1.807) is 0 Å². The first-order valence-electron chi connectivity index (χ1n) is 12.6. The average Bonchev–Trinajstić information content (AvgIpc) is 2.93. The molecule has 16 heteroatoms. The number of carbonyl (C=O) groups excluding carboxylic acids is 1. The summed E-state index contributed by atoms with van der Waals surface area (Å²) >= 11 is 0. The number of aliphatic hydroxyl groups is 1. The Morgan fingerprint density at radius 3 is 2.33 bits per heavy atom. The highest BCUT2D eigenvalue weighted by Gasteiger charge is 2.37. The fourth-order valence-corrected chi connectivity index (χ4v) is 5.01. The lowest BCUT2D eigenvalue weighted by atomic mass is 9.85. The number of halogens is 5. The summed E-state index contributed by atoms with van der Waals surface area (Å²) in [5, 5.41) is 10.8. The van der Waals surface area contributed by atoms with Gasteiger partial charge >= 0.3 is 6.18 Å². The molecule has 3 aromatic rings. The van der Waals surface area contributed by atoms with Gasteiger partial charge in [-0.2, -0.15) is 18.2 Å². The van der Waals surface area contributed by atoms with Gasteiger partial charge in [0, 0.05) is 54.9 Å². The van der Waals surface area contributed by atoms with Gasteiger partial charge in [0.1, 0.15) is 23.8 Å². The molecule has 10 nitrogen and oxygen atoms in total. The minimum absolute atomic E-state index is 0.0678. The number of carbonyl (C=O) groups is 1. The van der Waals surface area contributed by atoms with Gasteiger partial charge in [0.05, 0.1) is 12.1 Å². The summed E-state index contributed by atoms with van der Waals surface area (Å²) in [4.78, 5) is 28.7. The first-order chi connectivity index (χ1) is 19.6. The van der Waals surface area contributed by atoms with Gasteiger partial charge in [-0.3, -0.25) is 4.79 Å². The van der Waals surface area contributed by atoms with Crippen molar-refractivity contribution in [3.8, 4) is 5.88 Å². The van der Waals surface area contributed by atoms with E-state index in [9.17, 15) is 40.3 Å². The molecule has 0 saturated carbocycles. The van der Waals surface area contributed by atoms with Gasteiger partial charge in [0.15, 0.2) is 0 Å². The molecule has 1 unspecified atom stereocenters. The smallest absolute Gasteiger partial charge is 0.451 e. The highest BCUT2D eigenvalue weighted by Crippen LogP contribution is 2.35. The van der Waals surface area contributed by atoms with E-state index < -0.39 is 75.0 Å². The van der Waals surface area contributed by atoms with Crippen LogP contribution in [0, 0.1) is 11.6 Å². The van der Waals surface area contributed by atoms with Crippen LogP contribution in [-0.4, -0.2) is 70.2 Å². The normalized spacial score (nSPS) is 16.2. The predicted octanol–water partition coefficient (Wildman–Crippen LogP) is 3.20. The molecule has 1 aromatic carbocycles. The van der Waals surface area contributed by atoms with Crippen molar-refractivity contribution in [2.75, 3.05) is 26.0 Å². The number of benzene rings is 1. The second-order valence-electron chi connectivity index (χ2n) is 10.0. The van der Waals surface area contributed by atoms with Crippen LogP contribution in [0.5, 0.6) is 5.88 Å². The lowest BCUT2D eigenvalue weighted by Crippen LogP contribution is -2.40. The third kappa shape index (κ3) is 7.15. The Hall–Kier alpha value is -3.79. The molecule has 1 aliphatic rings. The molecule has 0 bridgehead atoms. The summed E-state index contributed by atoms with van der Waals surface area (Å²) in [6, 6.07) is 4.39. The van der Waals surface area contributed by atoms with Gasteiger partial charge in [-0.1, -0.05) is 6.07 Å². The lowest BCUT2D eigenvalue weighted by Gasteiger charge is -2.34. The van der Waals surface area contributed by atoms with E-state index in [0.29, 0.717) is 0 Å². The number of amides is 1. The number of aromatic nitrogens is 4. The lowest BCUT2D eigenvalue weighted by molar-refractivity contribution is -0.145. The zero-order chi connectivity index (χ0) is 30.9. The van der Waals surface area contributed by atoms with Crippen LogP contribution in [0.25, 0.3) is 0 Å². The first kappa shape index (κ1) is 31.2. The van der Waals surface area contributed by atoms with E-state index in [2.05, 4.69) is 19.9 Å². The predicted molar refractivity (Wildman–Crippen MR) is 136 cm³/mol. The van der Waals surface area contributed by atoms with Crippen LogP contribution in [0.1, 0.15) is 48.3 Å². The summed E-state index contributed by atoms with van der Waals surface area (Å²) < 4.78 is 96.7. The summed E-state index contributed by atoms with van der Waals surface area (Å²) in [6.07, 6.45) is -1.90. The van der Waals surface area contributed by atoms with E-state index in [0.717, 1.165) is 36.8 Å². The van der Waals surface area contributed by atoms with E-state index in [-0.39, 0.29) is 42.8 Å². The molecule has 1 aliphatic heterocycles. The maximum atomic E-state index is 14.0. The fourth-order valence-electron chi connectivity index (χ4n) is 4.50. The van der Waals surface area contributed by atoms with Crippen molar-refractivity contribution in [2.45, 2.75) is 49.0 Å². The Labute approximate surface area is 237 Å². The molecular formula is C26H26F5N5O5S. The van der Waals surface area contributed by atoms with E-state index in [4.69, 9.17) is 4.74 Å². The Morgan fingerprint density at radius 1 is 1.10 bits per heavy atom. The van der Waals surface area contributed by atoms with Crippen LogP contribution < -0.4 is 4.74 Å². The summed E-state index contributed by atoms with van der Waals surface area (Å²) in [6.45, 7) is 0.998. The van der Waals surface area contributed by atoms with E-state index in [1.807, 2.05) is 0 Å².